The van der Waals surface area contributed by atoms with Crippen molar-refractivity contribution in [2.75, 3.05) is 0 Å². The van der Waals surface area contributed by atoms with Crippen molar-refractivity contribution in [1.82, 2.24) is 0 Å². The smallest absolute Gasteiger partial charge is 0.0181 e. The molecule has 0 aliphatic rings. The molecule has 0 nitrogen and oxygen atoms in total. The molecule has 81 valence electrons. The van der Waals surface area contributed by atoms with Gasteiger partial charge in [-0.2, -0.15) is 0 Å². The van der Waals surface area contributed by atoms with Crippen molar-refractivity contribution < 1.29 is 0 Å². The van der Waals surface area contributed by atoms with Gasteiger partial charge in [0.05, 0.1) is 0 Å². The number of halogens is 1. The molecule has 0 aliphatic carbocycles. The quantitative estimate of drug-likeness (QED) is 0.584. The molecule has 1 radical (unpaired) electrons. The summed E-state index contributed by atoms with van der Waals surface area (Å²) in [5, 5.41) is 2.36. The van der Waals surface area contributed by atoms with Crippen LogP contribution in [0.3, 0.4) is 0 Å². The molecule has 0 aliphatic heterocycles. The molecular weight excluding hydrogens is 272 g/mol. The second-order valence-corrected chi connectivity index (χ2v) is 4.89. The third-order valence-electron chi connectivity index (χ3n) is 2.80. The van der Waals surface area contributed by atoms with Crippen LogP contribution in [-0.2, 0) is 0 Å². The predicted octanol–water partition coefficient (Wildman–Crippen LogP) is 5.07. The third-order valence-corrected chi connectivity index (χ3v) is 3.29. The standard InChI is InChI=1S/C16H10Br/c17-16-9-8-14-10-13(6-7-15(14)11-16)12-4-2-1-3-5-12/h1-9,11H. The van der Waals surface area contributed by atoms with Gasteiger partial charge in [0.1, 0.15) is 0 Å². The highest BCUT2D eigenvalue weighted by molar-refractivity contribution is 9.10. The van der Waals surface area contributed by atoms with E-state index in [1.54, 1.807) is 0 Å². The monoisotopic (exact) mass is 281 g/mol. The Morgan fingerprint density at radius 3 is 2.47 bits per heavy atom. The maximum atomic E-state index is 3.48. The lowest BCUT2D eigenvalue weighted by Crippen LogP contribution is -1.79. The fraction of sp³-hybridized carbons (Fsp3) is 0. The average molecular weight is 282 g/mol. The topological polar surface area (TPSA) is 0 Å². The number of hydrogen-bond acceptors (Lipinski definition) is 0. The van der Waals surface area contributed by atoms with E-state index in [0.29, 0.717) is 0 Å². The van der Waals surface area contributed by atoms with Gasteiger partial charge < -0.3 is 0 Å². The Bertz CT molecular complexity index is 657. The van der Waals surface area contributed by atoms with Crippen LogP contribution in [0.5, 0.6) is 0 Å². The molecular formula is C16H10Br. The summed E-state index contributed by atoms with van der Waals surface area (Å²) in [5.41, 5.74) is 2.35. The molecule has 0 aromatic heterocycles. The fourth-order valence-electron chi connectivity index (χ4n) is 1.93. The van der Waals surface area contributed by atoms with Crippen LogP contribution < -0.4 is 0 Å². The Labute approximate surface area is 109 Å². The van der Waals surface area contributed by atoms with Gasteiger partial charge in [0, 0.05) is 4.47 Å². The first-order valence-electron chi connectivity index (χ1n) is 5.50. The summed E-state index contributed by atoms with van der Waals surface area (Å²) in [6.07, 6.45) is 0. The minimum absolute atomic E-state index is 1.10. The summed E-state index contributed by atoms with van der Waals surface area (Å²) in [7, 11) is 0. The Hall–Kier alpha value is -1.60. The molecule has 0 N–H and O–H groups in total. The van der Waals surface area contributed by atoms with E-state index in [2.05, 4.69) is 70.5 Å². The lowest BCUT2D eigenvalue weighted by Gasteiger charge is -2.03. The summed E-state index contributed by atoms with van der Waals surface area (Å²) in [5.74, 6) is 0. The zero-order valence-corrected chi connectivity index (χ0v) is 10.7. The molecule has 0 saturated carbocycles. The van der Waals surface area contributed by atoms with E-state index in [0.717, 1.165) is 15.4 Å². The van der Waals surface area contributed by atoms with Crippen molar-refractivity contribution in [1.29, 1.82) is 0 Å². The van der Waals surface area contributed by atoms with E-state index in [-0.39, 0.29) is 0 Å². The fourth-order valence-corrected chi connectivity index (χ4v) is 2.31. The van der Waals surface area contributed by atoms with Crippen molar-refractivity contribution in [3.63, 3.8) is 0 Å². The zero-order valence-electron chi connectivity index (χ0n) is 9.15. The number of hydrogen-bond donors (Lipinski definition) is 0. The van der Waals surface area contributed by atoms with Crippen LogP contribution in [0.4, 0.5) is 0 Å². The van der Waals surface area contributed by atoms with Gasteiger partial charge in [-0.25, -0.2) is 0 Å². The van der Waals surface area contributed by atoms with Crippen molar-refractivity contribution in [3.05, 3.63) is 71.2 Å². The van der Waals surface area contributed by atoms with E-state index in [1.165, 1.54) is 10.9 Å². The van der Waals surface area contributed by atoms with E-state index >= 15 is 0 Å². The molecule has 0 unspecified atom stereocenters. The van der Waals surface area contributed by atoms with Crippen LogP contribution >= 0.6 is 15.9 Å². The van der Waals surface area contributed by atoms with Gasteiger partial charge in [-0.15, -0.1) is 0 Å². The molecule has 3 aromatic carbocycles. The summed E-state index contributed by atoms with van der Waals surface area (Å²) in [6, 6.07) is 24.3. The first-order valence-corrected chi connectivity index (χ1v) is 6.29. The highest BCUT2D eigenvalue weighted by atomic mass is 79.9. The Morgan fingerprint density at radius 1 is 0.824 bits per heavy atom. The third kappa shape index (κ3) is 2.11. The lowest BCUT2D eigenvalue weighted by atomic mass is 10.0. The first-order chi connectivity index (χ1) is 8.33. The van der Waals surface area contributed by atoms with Crippen molar-refractivity contribution in [2.45, 2.75) is 0 Å². The Morgan fingerprint density at radius 2 is 1.65 bits per heavy atom. The van der Waals surface area contributed by atoms with Crippen molar-refractivity contribution >= 4 is 26.7 Å². The molecule has 17 heavy (non-hydrogen) atoms. The van der Waals surface area contributed by atoms with Crippen LogP contribution in [-0.4, -0.2) is 0 Å². The second-order valence-electron chi connectivity index (χ2n) is 3.97. The molecule has 0 atom stereocenters. The molecule has 3 rings (SSSR count). The van der Waals surface area contributed by atoms with Crippen LogP contribution in [0, 0.1) is 6.07 Å². The van der Waals surface area contributed by atoms with E-state index in [4.69, 9.17) is 0 Å². The summed E-state index contributed by atoms with van der Waals surface area (Å²) < 4.78 is 1.10. The summed E-state index contributed by atoms with van der Waals surface area (Å²) in [6.45, 7) is 0. The van der Waals surface area contributed by atoms with Gasteiger partial charge in [-0.3, -0.25) is 0 Å². The number of benzene rings is 3. The predicted molar refractivity (Wildman–Crippen MR) is 75.9 cm³/mol. The average Bonchev–Trinajstić information content (AvgIpc) is 2.39. The first kappa shape index (κ1) is 10.5. The molecule has 0 heterocycles. The van der Waals surface area contributed by atoms with E-state index in [9.17, 15) is 0 Å². The Balaban J connectivity index is 2.17. The lowest BCUT2D eigenvalue weighted by molar-refractivity contribution is 1.63. The molecule has 3 aromatic rings. The highest BCUT2D eigenvalue weighted by Crippen LogP contribution is 2.25. The van der Waals surface area contributed by atoms with Crippen LogP contribution in [0.25, 0.3) is 21.9 Å². The van der Waals surface area contributed by atoms with E-state index in [1.807, 2.05) is 12.1 Å². The second kappa shape index (κ2) is 4.34. The minimum atomic E-state index is 1.10. The maximum absolute atomic E-state index is 3.48. The normalized spacial score (nSPS) is 10.6. The SMILES string of the molecule is Brc1ccc2[c]c(-c3ccccc3)ccc2c1. The van der Waals surface area contributed by atoms with Gasteiger partial charge >= 0.3 is 0 Å². The molecule has 0 spiro atoms. The highest BCUT2D eigenvalue weighted by Gasteiger charge is 2.00. The largest absolute Gasteiger partial charge is 0.0622 e. The van der Waals surface area contributed by atoms with Crippen LogP contribution in [0.2, 0.25) is 0 Å². The number of fused-ring (bicyclic) bond motifs is 1. The molecule has 0 saturated heterocycles. The molecule has 0 fully saturated rings. The number of rotatable bonds is 1. The van der Waals surface area contributed by atoms with Crippen molar-refractivity contribution in [2.24, 2.45) is 0 Å². The minimum Gasteiger partial charge on any atom is -0.0622 e. The molecule has 1 heteroatoms. The van der Waals surface area contributed by atoms with Crippen molar-refractivity contribution in [3.8, 4) is 11.1 Å². The zero-order chi connectivity index (χ0) is 11.7. The van der Waals surface area contributed by atoms with Gasteiger partial charge in [-0.1, -0.05) is 64.5 Å². The van der Waals surface area contributed by atoms with Gasteiger partial charge in [-0.05, 0) is 40.1 Å². The summed E-state index contributed by atoms with van der Waals surface area (Å²) >= 11 is 3.48. The van der Waals surface area contributed by atoms with Gasteiger partial charge in [0.2, 0.25) is 0 Å². The van der Waals surface area contributed by atoms with Crippen LogP contribution in [0.1, 0.15) is 0 Å². The molecule has 0 bridgehead atoms. The van der Waals surface area contributed by atoms with Gasteiger partial charge in [0.25, 0.3) is 0 Å². The van der Waals surface area contributed by atoms with Crippen LogP contribution in [0.15, 0.2) is 65.1 Å². The molecule has 0 amide bonds. The maximum Gasteiger partial charge on any atom is 0.0181 e. The van der Waals surface area contributed by atoms with E-state index < -0.39 is 0 Å². The van der Waals surface area contributed by atoms with Gasteiger partial charge in [0.15, 0.2) is 0 Å². The Kier molecular flexibility index (Phi) is 2.69. The summed E-state index contributed by atoms with van der Waals surface area (Å²) in [4.78, 5) is 0.